The summed E-state index contributed by atoms with van der Waals surface area (Å²) in [5, 5.41) is 9.74. The fourth-order valence-corrected chi connectivity index (χ4v) is 2.09. The van der Waals surface area contributed by atoms with Crippen LogP contribution >= 0.6 is 11.6 Å². The molecular weight excluding hydrogens is 284 g/mol. The molecule has 21 heavy (non-hydrogen) atoms. The molecule has 1 unspecified atom stereocenters. The van der Waals surface area contributed by atoms with E-state index in [1.807, 2.05) is 48.5 Å². The minimum absolute atomic E-state index is 0.167. The Morgan fingerprint density at radius 3 is 2.43 bits per heavy atom. The van der Waals surface area contributed by atoms with Crippen molar-refractivity contribution in [2.24, 2.45) is 5.92 Å². The molecule has 110 valence electrons. The van der Waals surface area contributed by atoms with E-state index in [1.165, 1.54) is 0 Å². The maximum atomic E-state index is 9.06. The number of hydrogen-bond donors (Lipinski definition) is 1. The molecule has 0 aliphatic heterocycles. The van der Waals surface area contributed by atoms with Crippen molar-refractivity contribution in [3.8, 4) is 5.75 Å². The van der Waals surface area contributed by atoms with Crippen LogP contribution in [0, 0.1) is 5.92 Å². The molecule has 2 aromatic carbocycles. The van der Waals surface area contributed by atoms with Crippen LogP contribution in [0.1, 0.15) is 18.9 Å². The average molecular weight is 303 g/mol. The van der Waals surface area contributed by atoms with Crippen LogP contribution in [0.2, 0.25) is 5.02 Å². The van der Waals surface area contributed by atoms with Gasteiger partial charge in [-0.1, -0.05) is 48.9 Å². The summed E-state index contributed by atoms with van der Waals surface area (Å²) >= 11 is 5.89. The van der Waals surface area contributed by atoms with Gasteiger partial charge in [0.25, 0.3) is 0 Å². The van der Waals surface area contributed by atoms with Crippen LogP contribution in [0.4, 0.5) is 0 Å². The number of ether oxygens (including phenoxy) is 1. The lowest BCUT2D eigenvalue weighted by atomic mass is 10.0. The fourth-order valence-electron chi connectivity index (χ4n) is 1.97. The van der Waals surface area contributed by atoms with Crippen LogP contribution in [0.3, 0.4) is 0 Å². The Morgan fingerprint density at radius 1 is 1.14 bits per heavy atom. The van der Waals surface area contributed by atoms with E-state index in [9.17, 15) is 0 Å². The Kier molecular flexibility index (Phi) is 5.85. The van der Waals surface area contributed by atoms with E-state index in [2.05, 4.69) is 6.92 Å². The van der Waals surface area contributed by atoms with Crippen molar-refractivity contribution in [1.82, 2.24) is 0 Å². The zero-order valence-electron chi connectivity index (χ0n) is 12.0. The molecule has 1 N–H and O–H groups in total. The molecule has 0 saturated heterocycles. The molecule has 0 aliphatic rings. The van der Waals surface area contributed by atoms with E-state index in [-0.39, 0.29) is 12.5 Å². The normalized spacial score (nSPS) is 13.0. The number of halogens is 1. The number of rotatable bonds is 6. The summed E-state index contributed by atoms with van der Waals surface area (Å²) in [6, 6.07) is 17.2. The van der Waals surface area contributed by atoms with Gasteiger partial charge in [-0.3, -0.25) is 0 Å². The molecule has 3 heteroatoms. The third-order valence-electron chi connectivity index (χ3n) is 3.12. The highest BCUT2D eigenvalue weighted by Gasteiger charge is 2.07. The van der Waals surface area contributed by atoms with Crippen LogP contribution in [0.5, 0.6) is 5.75 Å². The second-order valence-corrected chi connectivity index (χ2v) is 5.38. The topological polar surface area (TPSA) is 29.5 Å². The zero-order valence-corrected chi connectivity index (χ0v) is 12.8. The second kappa shape index (κ2) is 7.87. The lowest BCUT2D eigenvalue weighted by Crippen LogP contribution is -2.00. The third kappa shape index (κ3) is 4.92. The number of hydrogen-bond acceptors (Lipinski definition) is 2. The standard InChI is InChI=1S/C18H19ClO2/c1-14(11-12-20)13-18(15-5-3-2-4-6-15)21-17-9-7-16(19)8-10-17/h2-10,13-14,20H,11-12H2,1H3/b18-13-. The molecule has 0 spiro atoms. The summed E-state index contributed by atoms with van der Waals surface area (Å²) in [7, 11) is 0. The first kappa shape index (κ1) is 15.6. The van der Waals surface area contributed by atoms with Gasteiger partial charge in [-0.05, 0) is 42.7 Å². The Bertz CT molecular complexity index is 576. The highest BCUT2D eigenvalue weighted by molar-refractivity contribution is 6.30. The number of allylic oxidation sites excluding steroid dienone is 1. The summed E-state index contributed by atoms with van der Waals surface area (Å²) in [6.45, 7) is 2.23. The van der Waals surface area contributed by atoms with Crippen molar-refractivity contribution in [3.63, 3.8) is 0 Å². The average Bonchev–Trinajstić information content (AvgIpc) is 2.50. The lowest BCUT2D eigenvalue weighted by molar-refractivity contribution is 0.273. The Morgan fingerprint density at radius 2 is 1.81 bits per heavy atom. The van der Waals surface area contributed by atoms with Gasteiger partial charge in [-0.2, -0.15) is 0 Å². The van der Waals surface area contributed by atoms with E-state index < -0.39 is 0 Å². The van der Waals surface area contributed by atoms with Crippen LogP contribution in [0.15, 0.2) is 60.7 Å². The van der Waals surface area contributed by atoms with E-state index >= 15 is 0 Å². The van der Waals surface area contributed by atoms with Gasteiger partial charge in [-0.15, -0.1) is 0 Å². The first-order chi connectivity index (χ1) is 10.2. The molecule has 1 atom stereocenters. The van der Waals surface area contributed by atoms with Crippen LogP contribution in [-0.4, -0.2) is 11.7 Å². The maximum Gasteiger partial charge on any atom is 0.130 e. The molecule has 2 rings (SSSR count). The Balaban J connectivity index is 2.25. The Labute approximate surface area is 130 Å². The fraction of sp³-hybridized carbons (Fsp3) is 0.222. The van der Waals surface area contributed by atoms with Gasteiger partial charge in [0.1, 0.15) is 11.5 Å². The highest BCUT2D eigenvalue weighted by Crippen LogP contribution is 2.24. The molecule has 2 aromatic rings. The molecule has 0 saturated carbocycles. The molecule has 0 amide bonds. The van der Waals surface area contributed by atoms with Crippen molar-refractivity contribution in [2.75, 3.05) is 6.61 Å². The molecule has 0 radical (unpaired) electrons. The van der Waals surface area contributed by atoms with Crippen molar-refractivity contribution in [2.45, 2.75) is 13.3 Å². The van der Waals surface area contributed by atoms with Crippen molar-refractivity contribution < 1.29 is 9.84 Å². The summed E-state index contributed by atoms with van der Waals surface area (Å²) < 4.78 is 5.99. The molecule has 0 bridgehead atoms. The van der Waals surface area contributed by atoms with Crippen LogP contribution in [0.25, 0.3) is 5.76 Å². The van der Waals surface area contributed by atoms with E-state index in [4.69, 9.17) is 21.4 Å². The predicted molar refractivity (Wildman–Crippen MR) is 87.4 cm³/mol. The summed E-state index contributed by atoms with van der Waals surface area (Å²) in [5.74, 6) is 1.77. The highest BCUT2D eigenvalue weighted by atomic mass is 35.5. The molecular formula is C18H19ClO2. The molecule has 0 aliphatic carbocycles. The quantitative estimate of drug-likeness (QED) is 0.778. The van der Waals surface area contributed by atoms with Crippen molar-refractivity contribution in [1.29, 1.82) is 0 Å². The number of benzene rings is 2. The van der Waals surface area contributed by atoms with Gasteiger partial charge in [0.15, 0.2) is 0 Å². The maximum absolute atomic E-state index is 9.06. The first-order valence-corrected chi connectivity index (χ1v) is 7.38. The lowest BCUT2D eigenvalue weighted by Gasteiger charge is -2.13. The molecule has 2 nitrogen and oxygen atoms in total. The molecule has 0 aromatic heterocycles. The van der Waals surface area contributed by atoms with Gasteiger partial charge in [0.2, 0.25) is 0 Å². The third-order valence-corrected chi connectivity index (χ3v) is 3.37. The zero-order chi connectivity index (χ0) is 15.1. The molecule has 0 fully saturated rings. The van der Waals surface area contributed by atoms with Crippen LogP contribution in [-0.2, 0) is 0 Å². The van der Waals surface area contributed by atoms with Gasteiger partial charge in [0, 0.05) is 17.2 Å². The van der Waals surface area contributed by atoms with E-state index in [1.54, 1.807) is 12.1 Å². The summed E-state index contributed by atoms with van der Waals surface area (Å²) in [6.07, 6.45) is 2.75. The monoisotopic (exact) mass is 302 g/mol. The van der Waals surface area contributed by atoms with E-state index in [0.29, 0.717) is 11.4 Å². The first-order valence-electron chi connectivity index (χ1n) is 7.00. The summed E-state index contributed by atoms with van der Waals surface area (Å²) in [5.41, 5.74) is 1.01. The van der Waals surface area contributed by atoms with Gasteiger partial charge < -0.3 is 9.84 Å². The SMILES string of the molecule is CC(/C=C(\Oc1ccc(Cl)cc1)c1ccccc1)CCO. The van der Waals surface area contributed by atoms with Gasteiger partial charge in [0.05, 0.1) is 0 Å². The predicted octanol–water partition coefficient (Wildman–Crippen LogP) is 4.78. The van der Waals surface area contributed by atoms with Gasteiger partial charge >= 0.3 is 0 Å². The van der Waals surface area contributed by atoms with Crippen molar-refractivity contribution >= 4 is 17.4 Å². The van der Waals surface area contributed by atoms with Crippen molar-refractivity contribution in [3.05, 3.63) is 71.3 Å². The Hall–Kier alpha value is -1.77. The van der Waals surface area contributed by atoms with E-state index in [0.717, 1.165) is 17.1 Å². The van der Waals surface area contributed by atoms with Gasteiger partial charge in [-0.25, -0.2) is 0 Å². The van der Waals surface area contributed by atoms with Crippen LogP contribution < -0.4 is 4.74 Å². The number of aliphatic hydroxyl groups is 1. The molecule has 0 heterocycles. The smallest absolute Gasteiger partial charge is 0.130 e. The summed E-state index contributed by atoms with van der Waals surface area (Å²) in [4.78, 5) is 0. The minimum atomic E-state index is 0.167. The minimum Gasteiger partial charge on any atom is -0.457 e. The largest absolute Gasteiger partial charge is 0.457 e. The number of aliphatic hydroxyl groups excluding tert-OH is 1. The second-order valence-electron chi connectivity index (χ2n) is 4.94.